The third-order valence-electron chi connectivity index (χ3n) is 11.6. The molecule has 0 unspecified atom stereocenters. The Morgan fingerprint density at radius 1 is 0.976 bits per heavy atom. The first-order valence-electron chi connectivity index (χ1n) is 15.5. The predicted molar refractivity (Wildman–Crippen MR) is 158 cm³/mol. The number of aryl methyl sites for hydroxylation is 1. The number of benzene rings is 2. The highest BCUT2D eigenvalue weighted by Crippen LogP contribution is 2.70. The molecule has 1 amide bonds. The number of alkyl halides is 1. The number of hydrogen-bond acceptors (Lipinski definition) is 3. The third kappa shape index (κ3) is 3.99. The van der Waals surface area contributed by atoms with Crippen LogP contribution in [0.25, 0.3) is 11.1 Å². The van der Waals surface area contributed by atoms with Crippen LogP contribution in [0, 0.1) is 10.8 Å². The van der Waals surface area contributed by atoms with Crippen LogP contribution in [-0.2, 0) is 17.3 Å². The van der Waals surface area contributed by atoms with Crippen LogP contribution in [0.5, 0.6) is 5.75 Å². The van der Waals surface area contributed by atoms with Gasteiger partial charge in [-0.2, -0.15) is 5.10 Å². The number of halogens is 1. The van der Waals surface area contributed by atoms with E-state index in [1.165, 1.54) is 24.2 Å². The molecule has 41 heavy (non-hydrogen) atoms. The fourth-order valence-corrected chi connectivity index (χ4v) is 8.88. The first-order chi connectivity index (χ1) is 19.7. The molecule has 6 heteroatoms. The Labute approximate surface area is 242 Å². The fourth-order valence-electron chi connectivity index (χ4n) is 8.88. The SMILES string of the molecule is COc1ccc(-c2cccc(N(CC34CCC(c5cc(C6CC6)nn5C)(CC3)CC4)C(=O)C34CC(F)(C3)C4)c2)cc1. The number of amides is 1. The van der Waals surface area contributed by atoms with Gasteiger partial charge in [-0.15, -0.1) is 0 Å². The van der Waals surface area contributed by atoms with Crippen molar-refractivity contribution >= 4 is 11.6 Å². The van der Waals surface area contributed by atoms with Crippen molar-refractivity contribution in [3.05, 3.63) is 66.0 Å². The average Bonchev–Trinajstić information content (AvgIpc) is 3.75. The minimum Gasteiger partial charge on any atom is -0.497 e. The zero-order chi connectivity index (χ0) is 28.0. The lowest BCUT2D eigenvalue weighted by Crippen LogP contribution is -2.71. The molecule has 0 aliphatic heterocycles. The molecule has 10 rings (SSSR count). The monoisotopic (exact) mass is 553 g/mol. The van der Waals surface area contributed by atoms with Gasteiger partial charge in [0.2, 0.25) is 5.91 Å². The molecule has 7 fully saturated rings. The van der Waals surface area contributed by atoms with E-state index in [9.17, 15) is 9.18 Å². The first-order valence-corrected chi connectivity index (χ1v) is 15.5. The molecule has 3 aromatic rings. The van der Waals surface area contributed by atoms with Gasteiger partial charge in [-0.1, -0.05) is 24.3 Å². The van der Waals surface area contributed by atoms with Gasteiger partial charge < -0.3 is 9.64 Å². The second-order valence-electron chi connectivity index (χ2n) is 14.3. The quantitative estimate of drug-likeness (QED) is 0.290. The van der Waals surface area contributed by atoms with Crippen molar-refractivity contribution in [3.63, 3.8) is 0 Å². The number of methoxy groups -OCH3 is 1. The number of fused-ring (bicyclic) bond motifs is 3. The number of rotatable bonds is 8. The van der Waals surface area contributed by atoms with E-state index in [0.717, 1.165) is 67.6 Å². The van der Waals surface area contributed by atoms with Gasteiger partial charge in [-0.05, 0) is 118 Å². The molecule has 7 aliphatic rings. The van der Waals surface area contributed by atoms with Gasteiger partial charge in [0.1, 0.15) is 11.4 Å². The van der Waals surface area contributed by atoms with Crippen LogP contribution in [-0.4, -0.2) is 35.0 Å². The smallest absolute Gasteiger partial charge is 0.233 e. The second-order valence-corrected chi connectivity index (χ2v) is 14.3. The summed E-state index contributed by atoms with van der Waals surface area (Å²) in [5, 5.41) is 4.91. The molecule has 0 spiro atoms. The summed E-state index contributed by atoms with van der Waals surface area (Å²) in [5.74, 6) is 1.64. The minimum atomic E-state index is -1.09. The first kappa shape index (κ1) is 25.6. The zero-order valence-electron chi connectivity index (χ0n) is 24.3. The largest absolute Gasteiger partial charge is 0.497 e. The van der Waals surface area contributed by atoms with Crippen LogP contribution < -0.4 is 9.64 Å². The lowest BCUT2D eigenvalue weighted by Gasteiger charge is -2.65. The van der Waals surface area contributed by atoms with Crippen molar-refractivity contribution in [2.45, 2.75) is 87.6 Å². The molecule has 0 atom stereocenters. The standard InChI is InChI=1S/C35H40FN3O2/c1-38-30(19-29(37-38)25-6-7-25)33-15-12-32(13-16-33,14-17-33)23-39(31(40)34-20-35(36,21-34)22-34)27-5-3-4-26(18-27)24-8-10-28(41-2)11-9-24/h3-5,8-11,18-19,25H,6-7,12-17,20-23H2,1-2H3. The molecule has 1 aromatic heterocycles. The van der Waals surface area contributed by atoms with Gasteiger partial charge in [0.05, 0.1) is 18.2 Å². The molecule has 5 nitrogen and oxygen atoms in total. The maximum atomic E-state index is 14.6. The maximum Gasteiger partial charge on any atom is 0.233 e. The lowest BCUT2D eigenvalue weighted by molar-refractivity contribution is -0.211. The number of nitrogens with zero attached hydrogens (tertiary/aromatic N) is 3. The van der Waals surface area contributed by atoms with Crippen LogP contribution >= 0.6 is 0 Å². The molecule has 2 aromatic carbocycles. The zero-order valence-corrected chi connectivity index (χ0v) is 24.3. The summed E-state index contributed by atoms with van der Waals surface area (Å²) >= 11 is 0. The van der Waals surface area contributed by atoms with Crippen LogP contribution in [0.15, 0.2) is 54.6 Å². The third-order valence-corrected chi connectivity index (χ3v) is 11.6. The fraction of sp³-hybridized carbons (Fsp3) is 0.543. The number of carbonyl (C=O) groups excluding carboxylic acids is 1. The normalized spacial score (nSPS) is 33.1. The van der Waals surface area contributed by atoms with E-state index in [2.05, 4.69) is 59.1 Å². The Balaban J connectivity index is 1.07. The van der Waals surface area contributed by atoms with E-state index in [0.29, 0.717) is 25.2 Å². The number of hydrogen-bond donors (Lipinski definition) is 0. The molecule has 7 aliphatic carbocycles. The Morgan fingerprint density at radius 2 is 1.66 bits per heavy atom. The molecular formula is C35H40FN3O2. The van der Waals surface area contributed by atoms with E-state index >= 15 is 0 Å². The highest BCUT2D eigenvalue weighted by atomic mass is 19.1. The van der Waals surface area contributed by atoms with Gasteiger partial charge in [0.15, 0.2) is 0 Å². The maximum absolute atomic E-state index is 14.6. The summed E-state index contributed by atoms with van der Waals surface area (Å²) in [4.78, 5) is 16.3. The average molecular weight is 554 g/mol. The number of ether oxygens (including phenoxy) is 1. The number of anilines is 1. The molecular weight excluding hydrogens is 513 g/mol. The highest BCUT2D eigenvalue weighted by Gasteiger charge is 2.73. The van der Waals surface area contributed by atoms with Gasteiger partial charge in [0, 0.05) is 36.3 Å². The van der Waals surface area contributed by atoms with Crippen molar-refractivity contribution in [1.82, 2.24) is 9.78 Å². The summed E-state index contributed by atoms with van der Waals surface area (Å²) < 4.78 is 22.1. The summed E-state index contributed by atoms with van der Waals surface area (Å²) in [6.45, 7) is 0.730. The molecule has 4 bridgehead atoms. The van der Waals surface area contributed by atoms with E-state index in [4.69, 9.17) is 9.84 Å². The molecule has 214 valence electrons. The van der Waals surface area contributed by atoms with Crippen molar-refractivity contribution in [2.24, 2.45) is 17.9 Å². The van der Waals surface area contributed by atoms with Crippen molar-refractivity contribution < 1.29 is 13.9 Å². The summed E-state index contributed by atoms with van der Waals surface area (Å²) in [7, 11) is 3.80. The minimum absolute atomic E-state index is 0.113. The van der Waals surface area contributed by atoms with Crippen molar-refractivity contribution in [1.29, 1.82) is 0 Å². The van der Waals surface area contributed by atoms with Crippen LogP contribution in [0.1, 0.15) is 87.9 Å². The Morgan fingerprint density at radius 3 is 2.27 bits per heavy atom. The molecule has 7 saturated carbocycles. The Hall–Kier alpha value is -3.15. The topological polar surface area (TPSA) is 47.4 Å². The highest BCUT2D eigenvalue weighted by molar-refractivity contribution is 6.00. The molecule has 0 N–H and O–H groups in total. The van der Waals surface area contributed by atoms with Crippen molar-refractivity contribution in [3.8, 4) is 16.9 Å². The predicted octanol–water partition coefficient (Wildman–Crippen LogP) is 7.49. The van der Waals surface area contributed by atoms with E-state index < -0.39 is 11.1 Å². The van der Waals surface area contributed by atoms with Gasteiger partial charge in [-0.3, -0.25) is 9.48 Å². The van der Waals surface area contributed by atoms with Crippen LogP contribution in [0.2, 0.25) is 0 Å². The lowest BCUT2D eigenvalue weighted by atomic mass is 9.41. The van der Waals surface area contributed by atoms with Gasteiger partial charge in [-0.25, -0.2) is 4.39 Å². The second kappa shape index (κ2) is 8.68. The summed E-state index contributed by atoms with van der Waals surface area (Å²) in [6, 6.07) is 18.9. The van der Waals surface area contributed by atoms with E-state index in [-0.39, 0.29) is 16.7 Å². The summed E-state index contributed by atoms with van der Waals surface area (Å²) in [6.07, 6.45) is 10.6. The molecule has 0 radical (unpaired) electrons. The Bertz CT molecular complexity index is 1480. The van der Waals surface area contributed by atoms with E-state index in [1.807, 2.05) is 12.1 Å². The Kier molecular flexibility index (Phi) is 5.41. The van der Waals surface area contributed by atoms with Crippen LogP contribution in [0.3, 0.4) is 0 Å². The van der Waals surface area contributed by atoms with Crippen molar-refractivity contribution in [2.75, 3.05) is 18.6 Å². The number of carbonyl (C=O) groups is 1. The number of aromatic nitrogens is 2. The van der Waals surface area contributed by atoms with Crippen LogP contribution in [0.4, 0.5) is 10.1 Å². The molecule has 1 heterocycles. The van der Waals surface area contributed by atoms with E-state index in [1.54, 1.807) is 7.11 Å². The van der Waals surface area contributed by atoms with Gasteiger partial charge in [0.25, 0.3) is 0 Å². The van der Waals surface area contributed by atoms with Gasteiger partial charge >= 0.3 is 0 Å². The summed E-state index contributed by atoms with van der Waals surface area (Å²) in [5.41, 5.74) is 4.56. The molecule has 0 saturated heterocycles.